The van der Waals surface area contributed by atoms with Gasteiger partial charge in [0.05, 0.1) is 16.0 Å². The standard InChI is InChI=1S/C10H12ClNOS2/c1-6-9(15(13)10(14)12-6)7-2-4-8(11)5-3-7/h2-6,9-10,12,14H,1H3. The van der Waals surface area contributed by atoms with Crippen molar-refractivity contribution in [3.05, 3.63) is 34.9 Å². The van der Waals surface area contributed by atoms with Crippen LogP contribution in [0.25, 0.3) is 0 Å². The number of hydrogen-bond acceptors (Lipinski definition) is 3. The molecule has 1 saturated heterocycles. The maximum atomic E-state index is 11.9. The van der Waals surface area contributed by atoms with E-state index in [4.69, 9.17) is 11.6 Å². The van der Waals surface area contributed by atoms with E-state index in [0.29, 0.717) is 5.02 Å². The number of benzene rings is 1. The van der Waals surface area contributed by atoms with Crippen molar-refractivity contribution < 1.29 is 4.21 Å². The molecule has 1 aliphatic rings. The van der Waals surface area contributed by atoms with Crippen LogP contribution in [0.15, 0.2) is 24.3 Å². The van der Waals surface area contributed by atoms with E-state index < -0.39 is 10.8 Å². The monoisotopic (exact) mass is 261 g/mol. The lowest BCUT2D eigenvalue weighted by Crippen LogP contribution is -2.25. The van der Waals surface area contributed by atoms with E-state index in [1.165, 1.54) is 0 Å². The Morgan fingerprint density at radius 3 is 2.47 bits per heavy atom. The predicted molar refractivity (Wildman–Crippen MR) is 67.7 cm³/mol. The quantitative estimate of drug-likeness (QED) is 0.760. The summed E-state index contributed by atoms with van der Waals surface area (Å²) in [6, 6.07) is 7.68. The molecule has 0 aromatic heterocycles. The van der Waals surface area contributed by atoms with E-state index in [1.54, 1.807) is 0 Å². The molecule has 15 heavy (non-hydrogen) atoms. The molecule has 5 heteroatoms. The van der Waals surface area contributed by atoms with E-state index in [2.05, 4.69) is 17.9 Å². The molecule has 0 aliphatic carbocycles. The van der Waals surface area contributed by atoms with Crippen LogP contribution < -0.4 is 5.32 Å². The molecule has 0 bridgehead atoms. The highest BCUT2D eigenvalue weighted by Gasteiger charge is 2.37. The second-order valence-electron chi connectivity index (χ2n) is 3.61. The van der Waals surface area contributed by atoms with Crippen LogP contribution in [0.4, 0.5) is 0 Å². The largest absolute Gasteiger partial charge is 0.291 e. The number of halogens is 1. The molecule has 0 saturated carbocycles. The van der Waals surface area contributed by atoms with E-state index in [-0.39, 0.29) is 16.0 Å². The fourth-order valence-corrected chi connectivity index (χ4v) is 4.08. The Kier molecular flexibility index (Phi) is 3.40. The summed E-state index contributed by atoms with van der Waals surface area (Å²) in [4.78, 5) is 0. The fraction of sp³-hybridized carbons (Fsp3) is 0.400. The van der Waals surface area contributed by atoms with E-state index in [9.17, 15) is 4.21 Å². The second kappa shape index (κ2) is 4.45. The molecule has 0 radical (unpaired) electrons. The number of hydrogen-bond donors (Lipinski definition) is 2. The molecule has 0 amide bonds. The van der Waals surface area contributed by atoms with E-state index >= 15 is 0 Å². The molecule has 1 heterocycles. The maximum Gasteiger partial charge on any atom is 0.128 e. The lowest BCUT2D eigenvalue weighted by Gasteiger charge is -2.13. The maximum absolute atomic E-state index is 11.9. The minimum absolute atomic E-state index is 0.00441. The Labute approximate surface area is 102 Å². The van der Waals surface area contributed by atoms with Crippen molar-refractivity contribution in [1.29, 1.82) is 0 Å². The Hall–Kier alpha value is -0.0300. The first-order valence-electron chi connectivity index (χ1n) is 4.68. The number of rotatable bonds is 1. The average Bonchev–Trinajstić information content (AvgIpc) is 2.44. The van der Waals surface area contributed by atoms with Crippen molar-refractivity contribution >= 4 is 35.0 Å². The zero-order valence-electron chi connectivity index (χ0n) is 8.18. The molecule has 1 aliphatic heterocycles. The molecule has 1 aromatic rings. The summed E-state index contributed by atoms with van der Waals surface area (Å²) < 4.78 is 11.7. The smallest absolute Gasteiger partial charge is 0.128 e. The van der Waals surface area contributed by atoms with Crippen molar-refractivity contribution in [1.82, 2.24) is 5.32 Å². The molecular formula is C10H12ClNOS2. The molecule has 0 spiro atoms. The van der Waals surface area contributed by atoms with Gasteiger partial charge in [0.25, 0.3) is 0 Å². The normalized spacial score (nSPS) is 35.7. The van der Waals surface area contributed by atoms with Gasteiger partial charge in [-0.3, -0.25) is 9.53 Å². The number of thiol groups is 1. The second-order valence-corrected chi connectivity index (χ2v) is 6.55. The van der Waals surface area contributed by atoms with Crippen LogP contribution in [0.2, 0.25) is 5.02 Å². The summed E-state index contributed by atoms with van der Waals surface area (Å²) in [5.41, 5.74) is 1.05. The first-order valence-corrected chi connectivity index (χ1v) is 6.85. The first-order chi connectivity index (χ1) is 7.09. The highest BCUT2D eigenvalue weighted by atomic mass is 35.5. The van der Waals surface area contributed by atoms with Crippen LogP contribution in [0, 0.1) is 0 Å². The molecule has 82 valence electrons. The van der Waals surface area contributed by atoms with Crippen molar-refractivity contribution in [3.8, 4) is 0 Å². The van der Waals surface area contributed by atoms with Crippen LogP contribution in [0.5, 0.6) is 0 Å². The van der Waals surface area contributed by atoms with Gasteiger partial charge in [0.2, 0.25) is 0 Å². The van der Waals surface area contributed by atoms with Gasteiger partial charge in [0.15, 0.2) is 0 Å². The van der Waals surface area contributed by atoms with Gasteiger partial charge < -0.3 is 0 Å². The van der Waals surface area contributed by atoms with E-state index in [0.717, 1.165) is 5.56 Å². The number of nitrogens with one attached hydrogen (secondary N) is 1. The van der Waals surface area contributed by atoms with Gasteiger partial charge in [-0.05, 0) is 24.6 Å². The molecule has 4 unspecified atom stereocenters. The molecule has 2 rings (SSSR count). The van der Waals surface area contributed by atoms with Crippen LogP contribution >= 0.6 is 24.2 Å². The summed E-state index contributed by atoms with van der Waals surface area (Å²) in [6.07, 6.45) is 0. The Morgan fingerprint density at radius 1 is 1.40 bits per heavy atom. The van der Waals surface area contributed by atoms with E-state index in [1.807, 2.05) is 31.2 Å². The highest BCUT2D eigenvalue weighted by Crippen LogP contribution is 2.32. The topological polar surface area (TPSA) is 29.1 Å². The van der Waals surface area contributed by atoms with Gasteiger partial charge in [0, 0.05) is 11.1 Å². The van der Waals surface area contributed by atoms with Crippen LogP contribution in [-0.4, -0.2) is 15.0 Å². The summed E-state index contributed by atoms with van der Waals surface area (Å²) >= 11 is 10.1. The van der Waals surface area contributed by atoms with Gasteiger partial charge in [-0.2, -0.15) is 0 Å². The molecular weight excluding hydrogens is 250 g/mol. The summed E-state index contributed by atoms with van der Waals surface area (Å²) in [5.74, 6) is 0. The molecule has 1 aromatic carbocycles. The molecule has 1 N–H and O–H groups in total. The third-order valence-corrected chi connectivity index (χ3v) is 5.31. The summed E-state index contributed by atoms with van der Waals surface area (Å²) in [6.45, 7) is 2.02. The average molecular weight is 262 g/mol. The molecule has 4 atom stereocenters. The van der Waals surface area contributed by atoms with Crippen molar-refractivity contribution in [2.45, 2.75) is 22.9 Å². The van der Waals surface area contributed by atoms with Crippen LogP contribution in [-0.2, 0) is 10.8 Å². The molecule has 2 nitrogen and oxygen atoms in total. The lowest BCUT2D eigenvalue weighted by molar-refractivity contribution is 0.607. The third-order valence-electron chi connectivity index (χ3n) is 2.53. The minimum Gasteiger partial charge on any atom is -0.291 e. The van der Waals surface area contributed by atoms with Gasteiger partial charge in [-0.25, -0.2) is 0 Å². The Balaban J connectivity index is 2.31. The predicted octanol–water partition coefficient (Wildman–Crippen LogP) is 2.33. The van der Waals surface area contributed by atoms with Crippen molar-refractivity contribution in [3.63, 3.8) is 0 Å². The third kappa shape index (κ3) is 2.23. The van der Waals surface area contributed by atoms with Gasteiger partial charge in [-0.15, -0.1) is 12.6 Å². The summed E-state index contributed by atoms with van der Waals surface area (Å²) in [5, 5.41) is 3.86. The highest BCUT2D eigenvalue weighted by molar-refractivity contribution is 8.01. The fourth-order valence-electron chi connectivity index (χ4n) is 1.79. The first kappa shape index (κ1) is 11.5. The van der Waals surface area contributed by atoms with Gasteiger partial charge in [-0.1, -0.05) is 23.7 Å². The molecule has 1 fully saturated rings. The van der Waals surface area contributed by atoms with Crippen LogP contribution in [0.1, 0.15) is 17.7 Å². The Bertz CT molecular complexity index is 382. The summed E-state index contributed by atoms with van der Waals surface area (Å²) in [7, 11) is -0.983. The zero-order valence-corrected chi connectivity index (χ0v) is 10.6. The lowest BCUT2D eigenvalue weighted by atomic mass is 10.1. The van der Waals surface area contributed by atoms with Crippen molar-refractivity contribution in [2.24, 2.45) is 0 Å². The van der Waals surface area contributed by atoms with Crippen LogP contribution in [0.3, 0.4) is 0 Å². The minimum atomic E-state index is -0.983. The zero-order chi connectivity index (χ0) is 11.0. The van der Waals surface area contributed by atoms with Gasteiger partial charge in [0.1, 0.15) is 4.71 Å². The SMILES string of the molecule is CC1NC(S)S(=O)C1c1ccc(Cl)cc1. The van der Waals surface area contributed by atoms with Crippen molar-refractivity contribution in [2.75, 3.05) is 0 Å². The Morgan fingerprint density at radius 2 is 2.00 bits per heavy atom. The van der Waals surface area contributed by atoms with Gasteiger partial charge >= 0.3 is 0 Å².